The summed E-state index contributed by atoms with van der Waals surface area (Å²) in [5.74, 6) is -0.533. The molecule has 0 saturated heterocycles. The van der Waals surface area contributed by atoms with Crippen LogP contribution in [0.15, 0.2) is 58.0 Å². The van der Waals surface area contributed by atoms with Gasteiger partial charge in [0.25, 0.3) is 0 Å². The van der Waals surface area contributed by atoms with E-state index in [1.807, 2.05) is 36.4 Å². The summed E-state index contributed by atoms with van der Waals surface area (Å²) in [6, 6.07) is 14.8. The van der Waals surface area contributed by atoms with Crippen molar-refractivity contribution in [3.8, 4) is 5.75 Å². The lowest BCUT2D eigenvalue weighted by Crippen LogP contribution is -2.10. The van der Waals surface area contributed by atoms with Crippen molar-refractivity contribution in [1.82, 2.24) is 0 Å². The molecule has 0 radical (unpaired) electrons. The largest absolute Gasteiger partial charge is 0.481 e. The van der Waals surface area contributed by atoms with Gasteiger partial charge in [0.2, 0.25) is 0 Å². The van der Waals surface area contributed by atoms with E-state index < -0.39 is 5.97 Å². The van der Waals surface area contributed by atoms with Crippen LogP contribution in [0.2, 0.25) is 0 Å². The number of benzene rings is 2. The third kappa shape index (κ3) is 4.20. The van der Waals surface area contributed by atoms with Gasteiger partial charge >= 0.3 is 5.97 Å². The summed E-state index contributed by atoms with van der Waals surface area (Å²) in [5, 5.41) is 8.66. The number of carboxylic acid groups (broad SMARTS) is 1. The monoisotopic (exact) mass is 333 g/mol. The quantitative estimate of drug-likeness (QED) is 0.849. The number of para-hydroxylation sites is 1. The van der Waals surface area contributed by atoms with Gasteiger partial charge in [-0.15, -0.1) is 0 Å². The topological polar surface area (TPSA) is 58.9 Å². The van der Waals surface area contributed by atoms with E-state index >= 15 is 0 Å². The highest BCUT2D eigenvalue weighted by molar-refractivity contribution is 9.10. The van der Waals surface area contributed by atoms with Crippen molar-refractivity contribution < 1.29 is 14.6 Å². The van der Waals surface area contributed by atoms with Crippen LogP contribution in [0, 0.1) is 0 Å². The molecule has 0 spiro atoms. The van der Waals surface area contributed by atoms with Crippen LogP contribution in [0.5, 0.6) is 5.75 Å². The molecule has 0 unspecified atom stereocenters. The molecule has 102 valence electrons. The lowest BCUT2D eigenvalue weighted by Gasteiger charge is -2.07. The molecule has 0 aromatic heterocycles. The fourth-order valence-corrected chi connectivity index (χ4v) is 1.93. The Balaban J connectivity index is 2.23. The molecule has 20 heavy (non-hydrogen) atoms. The lowest BCUT2D eigenvalue weighted by molar-refractivity contribution is -0.139. The second-order valence-electron chi connectivity index (χ2n) is 3.96. The van der Waals surface area contributed by atoms with Crippen LogP contribution in [0.1, 0.15) is 5.56 Å². The summed E-state index contributed by atoms with van der Waals surface area (Å²) in [4.78, 5) is 14.9. The van der Waals surface area contributed by atoms with E-state index in [0.717, 1.165) is 10.2 Å². The van der Waals surface area contributed by atoms with Crippen molar-refractivity contribution in [2.45, 2.75) is 0 Å². The predicted molar refractivity (Wildman–Crippen MR) is 81.0 cm³/mol. The maximum atomic E-state index is 10.6. The lowest BCUT2D eigenvalue weighted by atomic mass is 10.2. The molecule has 0 saturated carbocycles. The Morgan fingerprint density at radius 2 is 2.00 bits per heavy atom. The van der Waals surface area contributed by atoms with Crippen molar-refractivity contribution in [3.05, 3.63) is 58.6 Å². The highest BCUT2D eigenvalue weighted by atomic mass is 79.9. The number of halogens is 1. The second kappa shape index (κ2) is 6.86. The van der Waals surface area contributed by atoms with Gasteiger partial charge in [-0.3, -0.25) is 4.99 Å². The van der Waals surface area contributed by atoms with Crippen LogP contribution in [0.25, 0.3) is 0 Å². The molecule has 0 bridgehead atoms. The zero-order chi connectivity index (χ0) is 14.4. The number of nitrogens with zero attached hydrogens (tertiary/aromatic N) is 1. The van der Waals surface area contributed by atoms with Crippen molar-refractivity contribution in [3.63, 3.8) is 0 Å². The van der Waals surface area contributed by atoms with E-state index in [1.165, 1.54) is 0 Å². The molecule has 0 amide bonds. The van der Waals surface area contributed by atoms with E-state index in [1.54, 1.807) is 18.3 Å². The first-order valence-electron chi connectivity index (χ1n) is 5.88. The molecule has 0 atom stereocenters. The number of carboxylic acids is 1. The normalized spacial score (nSPS) is 10.7. The van der Waals surface area contributed by atoms with Gasteiger partial charge in [0.1, 0.15) is 5.75 Å². The van der Waals surface area contributed by atoms with E-state index in [2.05, 4.69) is 20.9 Å². The summed E-state index contributed by atoms with van der Waals surface area (Å²) in [5.41, 5.74) is 1.53. The summed E-state index contributed by atoms with van der Waals surface area (Å²) < 4.78 is 6.10. The molecule has 0 aliphatic carbocycles. The minimum atomic E-state index is -1.01. The van der Waals surface area contributed by atoms with Gasteiger partial charge in [0.05, 0.1) is 5.69 Å². The number of aliphatic imine (C=N–C) groups is 1. The summed E-state index contributed by atoms with van der Waals surface area (Å²) in [6.07, 6.45) is 1.65. The van der Waals surface area contributed by atoms with Gasteiger partial charge in [-0.05, 0) is 30.3 Å². The molecule has 0 heterocycles. The minimum Gasteiger partial charge on any atom is -0.481 e. The average molecular weight is 334 g/mol. The Kier molecular flexibility index (Phi) is 4.90. The zero-order valence-electron chi connectivity index (χ0n) is 10.5. The number of hydrogen-bond acceptors (Lipinski definition) is 3. The van der Waals surface area contributed by atoms with E-state index in [9.17, 15) is 4.79 Å². The molecular formula is C15H12BrNO3. The third-order valence-corrected chi connectivity index (χ3v) is 2.93. The zero-order valence-corrected chi connectivity index (χ0v) is 12.1. The SMILES string of the molecule is O=C(O)COc1ccc(Br)cc1C=Nc1ccccc1. The smallest absolute Gasteiger partial charge is 0.341 e. The van der Waals surface area contributed by atoms with Gasteiger partial charge in [-0.1, -0.05) is 34.1 Å². The molecule has 2 aromatic carbocycles. The van der Waals surface area contributed by atoms with Crippen LogP contribution in [-0.4, -0.2) is 23.9 Å². The number of aliphatic carboxylic acids is 1. The van der Waals surface area contributed by atoms with Crippen LogP contribution < -0.4 is 4.74 Å². The fraction of sp³-hybridized carbons (Fsp3) is 0.0667. The second-order valence-corrected chi connectivity index (χ2v) is 4.87. The Hall–Kier alpha value is -2.14. The molecule has 2 aromatic rings. The first-order chi connectivity index (χ1) is 9.65. The van der Waals surface area contributed by atoms with Crippen molar-refractivity contribution in [2.24, 2.45) is 4.99 Å². The van der Waals surface area contributed by atoms with Gasteiger partial charge in [0, 0.05) is 16.3 Å². The minimum absolute atomic E-state index is 0.381. The molecule has 2 rings (SSSR count). The summed E-state index contributed by atoms with van der Waals surface area (Å²) >= 11 is 3.37. The van der Waals surface area contributed by atoms with Crippen molar-refractivity contribution >= 4 is 33.8 Å². The predicted octanol–water partition coefficient (Wildman–Crippen LogP) is 3.66. The first-order valence-corrected chi connectivity index (χ1v) is 6.68. The summed E-state index contributed by atoms with van der Waals surface area (Å²) in [6.45, 7) is -0.381. The number of carbonyl (C=O) groups is 1. The molecule has 5 heteroatoms. The molecule has 0 fully saturated rings. The Labute approximate surface area is 124 Å². The number of rotatable bonds is 5. The average Bonchev–Trinajstić information content (AvgIpc) is 2.45. The van der Waals surface area contributed by atoms with Crippen LogP contribution in [0.3, 0.4) is 0 Å². The van der Waals surface area contributed by atoms with Crippen LogP contribution in [-0.2, 0) is 4.79 Å². The molecule has 4 nitrogen and oxygen atoms in total. The molecule has 1 N–H and O–H groups in total. The van der Waals surface area contributed by atoms with E-state index in [0.29, 0.717) is 11.3 Å². The highest BCUT2D eigenvalue weighted by Gasteiger charge is 2.05. The maximum absolute atomic E-state index is 10.6. The van der Waals surface area contributed by atoms with Crippen LogP contribution in [0.4, 0.5) is 5.69 Å². The Bertz CT molecular complexity index is 626. The maximum Gasteiger partial charge on any atom is 0.341 e. The van der Waals surface area contributed by atoms with E-state index in [-0.39, 0.29) is 6.61 Å². The van der Waals surface area contributed by atoms with Gasteiger partial charge in [-0.25, -0.2) is 4.79 Å². The Morgan fingerprint density at radius 1 is 1.25 bits per heavy atom. The van der Waals surface area contributed by atoms with Crippen molar-refractivity contribution in [2.75, 3.05) is 6.61 Å². The van der Waals surface area contributed by atoms with Gasteiger partial charge in [-0.2, -0.15) is 0 Å². The number of ether oxygens (including phenoxy) is 1. The van der Waals surface area contributed by atoms with Crippen molar-refractivity contribution in [1.29, 1.82) is 0 Å². The number of hydrogen-bond donors (Lipinski definition) is 1. The van der Waals surface area contributed by atoms with Crippen LogP contribution >= 0.6 is 15.9 Å². The van der Waals surface area contributed by atoms with Gasteiger partial charge < -0.3 is 9.84 Å². The molecule has 0 aliphatic heterocycles. The molecule has 0 aliphatic rings. The van der Waals surface area contributed by atoms with E-state index in [4.69, 9.17) is 9.84 Å². The van der Waals surface area contributed by atoms with Gasteiger partial charge in [0.15, 0.2) is 6.61 Å². The fourth-order valence-electron chi connectivity index (χ4n) is 1.55. The highest BCUT2D eigenvalue weighted by Crippen LogP contribution is 2.22. The third-order valence-electron chi connectivity index (χ3n) is 2.43. The first kappa shape index (κ1) is 14.3. The Morgan fingerprint density at radius 3 is 2.70 bits per heavy atom. The molecular weight excluding hydrogens is 322 g/mol. The standard InChI is InChI=1S/C15H12BrNO3/c16-12-6-7-14(20-10-15(18)19)11(8-12)9-17-13-4-2-1-3-5-13/h1-9H,10H2,(H,18,19). The summed E-state index contributed by atoms with van der Waals surface area (Å²) in [7, 11) is 0.